The van der Waals surface area contributed by atoms with Crippen LogP contribution in [-0.2, 0) is 16.0 Å². The standard InChI is InChI=1S/C24H29F2N5O3/c1-14-16-11-15(13-28-22(16)31(30-14)19-7-5-6-10-33-19)12-27-21-17(25)8-9-18(20(21)26)29-23(32)34-24(2,3)4/h8-9,11,13,19,27H,5-7,10,12H2,1-4H3,(H,29,32). The number of halogens is 2. The van der Waals surface area contributed by atoms with Crippen molar-refractivity contribution in [2.45, 2.75) is 65.3 Å². The summed E-state index contributed by atoms with van der Waals surface area (Å²) in [7, 11) is 0. The molecule has 2 aromatic heterocycles. The Balaban J connectivity index is 1.51. The van der Waals surface area contributed by atoms with Gasteiger partial charge in [-0.3, -0.25) is 5.32 Å². The average molecular weight is 474 g/mol. The molecule has 3 aromatic rings. The summed E-state index contributed by atoms with van der Waals surface area (Å²) in [5.41, 5.74) is 0.966. The van der Waals surface area contributed by atoms with Crippen molar-refractivity contribution in [2.75, 3.05) is 17.2 Å². The van der Waals surface area contributed by atoms with Gasteiger partial charge in [-0.15, -0.1) is 0 Å². The Bertz CT molecular complexity index is 1200. The minimum Gasteiger partial charge on any atom is -0.444 e. The molecule has 1 atom stereocenters. The van der Waals surface area contributed by atoms with Crippen LogP contribution in [0.5, 0.6) is 0 Å². The van der Waals surface area contributed by atoms with E-state index in [-0.39, 0.29) is 24.1 Å². The van der Waals surface area contributed by atoms with E-state index < -0.39 is 23.3 Å². The van der Waals surface area contributed by atoms with E-state index in [2.05, 4.69) is 20.7 Å². The molecule has 4 rings (SSSR count). The molecule has 0 radical (unpaired) electrons. The average Bonchev–Trinajstić information content (AvgIpc) is 3.11. The fraction of sp³-hybridized carbons (Fsp3) is 0.458. The number of amides is 1. The van der Waals surface area contributed by atoms with E-state index in [1.54, 1.807) is 27.0 Å². The molecule has 8 nitrogen and oxygen atoms in total. The molecule has 34 heavy (non-hydrogen) atoms. The second kappa shape index (κ2) is 9.54. The molecule has 1 saturated heterocycles. The third-order valence-electron chi connectivity index (χ3n) is 5.41. The smallest absolute Gasteiger partial charge is 0.412 e. The molecule has 3 heterocycles. The van der Waals surface area contributed by atoms with Crippen molar-refractivity contribution in [3.63, 3.8) is 0 Å². The molecule has 1 aliphatic rings. The van der Waals surface area contributed by atoms with Gasteiger partial charge in [-0.2, -0.15) is 5.10 Å². The van der Waals surface area contributed by atoms with Gasteiger partial charge in [0.2, 0.25) is 0 Å². The van der Waals surface area contributed by atoms with Crippen molar-refractivity contribution >= 4 is 28.5 Å². The van der Waals surface area contributed by atoms with Crippen LogP contribution in [0.3, 0.4) is 0 Å². The Kier molecular flexibility index (Phi) is 6.70. The summed E-state index contributed by atoms with van der Waals surface area (Å²) in [5.74, 6) is -1.70. The van der Waals surface area contributed by atoms with Crippen molar-refractivity contribution < 1.29 is 23.0 Å². The predicted molar refractivity (Wildman–Crippen MR) is 125 cm³/mol. The summed E-state index contributed by atoms with van der Waals surface area (Å²) >= 11 is 0. The maximum atomic E-state index is 14.9. The molecule has 182 valence electrons. The van der Waals surface area contributed by atoms with E-state index in [1.807, 2.05) is 17.7 Å². The second-order valence-electron chi connectivity index (χ2n) is 9.33. The lowest BCUT2D eigenvalue weighted by Gasteiger charge is -2.23. The lowest BCUT2D eigenvalue weighted by atomic mass is 10.2. The van der Waals surface area contributed by atoms with Crippen molar-refractivity contribution in [1.29, 1.82) is 0 Å². The number of carbonyl (C=O) groups is 1. The van der Waals surface area contributed by atoms with E-state index >= 15 is 0 Å². The van der Waals surface area contributed by atoms with Crippen LogP contribution in [0, 0.1) is 18.6 Å². The van der Waals surface area contributed by atoms with Gasteiger partial charge in [-0.05, 0) is 70.7 Å². The number of aryl methyl sites for hydroxylation is 1. The summed E-state index contributed by atoms with van der Waals surface area (Å²) in [5, 5.41) is 10.6. The number of hydrogen-bond acceptors (Lipinski definition) is 6. The fourth-order valence-corrected chi connectivity index (χ4v) is 3.84. The van der Waals surface area contributed by atoms with Crippen LogP contribution in [-0.4, -0.2) is 33.1 Å². The third kappa shape index (κ3) is 5.27. The maximum absolute atomic E-state index is 14.9. The first kappa shape index (κ1) is 23.9. The zero-order valence-electron chi connectivity index (χ0n) is 19.7. The van der Waals surface area contributed by atoms with Crippen LogP contribution in [0.25, 0.3) is 11.0 Å². The number of nitrogens with zero attached hydrogens (tertiary/aromatic N) is 3. The van der Waals surface area contributed by atoms with Gasteiger partial charge in [0.15, 0.2) is 17.7 Å². The van der Waals surface area contributed by atoms with Crippen LogP contribution >= 0.6 is 0 Å². The molecule has 0 spiro atoms. The van der Waals surface area contributed by atoms with E-state index in [1.165, 1.54) is 0 Å². The Hall–Kier alpha value is -3.27. The van der Waals surface area contributed by atoms with Gasteiger partial charge in [0.25, 0.3) is 0 Å². The number of benzene rings is 1. The van der Waals surface area contributed by atoms with E-state index in [0.29, 0.717) is 12.3 Å². The van der Waals surface area contributed by atoms with Crippen molar-refractivity contribution in [3.8, 4) is 0 Å². The second-order valence-corrected chi connectivity index (χ2v) is 9.33. The number of anilines is 2. The molecular weight excluding hydrogens is 444 g/mol. The highest BCUT2D eigenvalue weighted by atomic mass is 19.1. The molecule has 1 fully saturated rings. The normalized spacial score (nSPS) is 16.5. The van der Waals surface area contributed by atoms with Crippen LogP contribution in [0.1, 0.15) is 57.5 Å². The summed E-state index contributed by atoms with van der Waals surface area (Å²) in [6, 6.07) is 4.13. The Morgan fingerprint density at radius 3 is 2.79 bits per heavy atom. The number of rotatable bonds is 5. The van der Waals surface area contributed by atoms with Crippen LogP contribution in [0.15, 0.2) is 24.4 Å². The first-order chi connectivity index (χ1) is 16.1. The first-order valence-corrected chi connectivity index (χ1v) is 11.3. The Morgan fingerprint density at radius 2 is 2.09 bits per heavy atom. The minimum absolute atomic E-state index is 0.122. The van der Waals surface area contributed by atoms with Gasteiger partial charge in [-0.25, -0.2) is 23.2 Å². The molecule has 0 saturated carbocycles. The van der Waals surface area contributed by atoms with Gasteiger partial charge in [0, 0.05) is 24.7 Å². The molecule has 2 N–H and O–H groups in total. The molecule has 1 aliphatic heterocycles. The van der Waals surface area contributed by atoms with Gasteiger partial charge in [-0.1, -0.05) is 0 Å². The minimum atomic E-state index is -0.918. The Morgan fingerprint density at radius 1 is 1.29 bits per heavy atom. The zero-order chi connectivity index (χ0) is 24.5. The maximum Gasteiger partial charge on any atom is 0.412 e. The van der Waals surface area contributed by atoms with Crippen molar-refractivity contribution in [2.24, 2.45) is 0 Å². The van der Waals surface area contributed by atoms with Gasteiger partial charge < -0.3 is 14.8 Å². The lowest BCUT2D eigenvalue weighted by molar-refractivity contribution is -0.0371. The molecule has 1 aromatic carbocycles. The SMILES string of the molecule is Cc1nn(C2CCCCO2)c2ncc(CNc3c(F)ccc(NC(=O)OC(C)(C)C)c3F)cc12. The number of aromatic nitrogens is 3. The van der Waals surface area contributed by atoms with E-state index in [0.717, 1.165) is 48.0 Å². The predicted octanol–water partition coefficient (Wildman–Crippen LogP) is 5.68. The van der Waals surface area contributed by atoms with Gasteiger partial charge in [0.05, 0.1) is 11.4 Å². The Labute approximate surface area is 196 Å². The molecular formula is C24H29F2N5O3. The molecule has 0 aliphatic carbocycles. The summed E-state index contributed by atoms with van der Waals surface area (Å²) < 4.78 is 42.1. The fourth-order valence-electron chi connectivity index (χ4n) is 3.84. The third-order valence-corrected chi connectivity index (χ3v) is 5.41. The van der Waals surface area contributed by atoms with Gasteiger partial charge in [0.1, 0.15) is 17.1 Å². The summed E-state index contributed by atoms with van der Waals surface area (Å²) in [6.45, 7) is 7.80. The number of ether oxygens (including phenoxy) is 2. The van der Waals surface area contributed by atoms with E-state index in [4.69, 9.17) is 9.47 Å². The number of hydrogen-bond donors (Lipinski definition) is 2. The van der Waals surface area contributed by atoms with Gasteiger partial charge >= 0.3 is 6.09 Å². The molecule has 1 amide bonds. The number of nitrogens with one attached hydrogen (secondary N) is 2. The van der Waals surface area contributed by atoms with Crippen LogP contribution < -0.4 is 10.6 Å². The summed E-state index contributed by atoms with van der Waals surface area (Å²) in [4.78, 5) is 16.5. The molecule has 1 unspecified atom stereocenters. The quantitative estimate of drug-likeness (QED) is 0.496. The topological polar surface area (TPSA) is 90.3 Å². The van der Waals surface area contributed by atoms with Crippen LogP contribution in [0.2, 0.25) is 0 Å². The highest BCUT2D eigenvalue weighted by Gasteiger charge is 2.22. The first-order valence-electron chi connectivity index (χ1n) is 11.3. The molecule has 10 heteroatoms. The zero-order valence-corrected chi connectivity index (χ0v) is 19.7. The lowest BCUT2D eigenvalue weighted by Crippen LogP contribution is -2.27. The van der Waals surface area contributed by atoms with E-state index in [9.17, 15) is 13.6 Å². The number of carbonyl (C=O) groups excluding carboxylic acids is 1. The van der Waals surface area contributed by atoms with Crippen molar-refractivity contribution in [3.05, 3.63) is 47.3 Å². The molecule has 0 bridgehead atoms. The monoisotopic (exact) mass is 473 g/mol. The number of fused-ring (bicyclic) bond motifs is 1. The summed E-state index contributed by atoms with van der Waals surface area (Å²) in [6.07, 6.45) is 3.69. The van der Waals surface area contributed by atoms with Crippen molar-refractivity contribution in [1.82, 2.24) is 14.8 Å². The van der Waals surface area contributed by atoms with Crippen LogP contribution in [0.4, 0.5) is 25.0 Å². The highest BCUT2D eigenvalue weighted by Crippen LogP contribution is 2.29. The largest absolute Gasteiger partial charge is 0.444 e. The highest BCUT2D eigenvalue weighted by molar-refractivity contribution is 5.86. The number of pyridine rings is 1.